The van der Waals surface area contributed by atoms with Crippen LogP contribution in [-0.4, -0.2) is 43.6 Å². The average Bonchev–Trinajstić information content (AvgIpc) is 3.42. The lowest BCUT2D eigenvalue weighted by Crippen LogP contribution is -2.34. The van der Waals surface area contributed by atoms with Gasteiger partial charge in [-0.3, -0.25) is 4.90 Å². The first-order valence-corrected chi connectivity index (χ1v) is 12.5. The summed E-state index contributed by atoms with van der Waals surface area (Å²) in [6, 6.07) is 16.3. The van der Waals surface area contributed by atoms with Crippen molar-refractivity contribution in [2.75, 3.05) is 13.7 Å². The molecule has 1 aliphatic rings. The number of fused-ring (bicyclic) bond motifs is 4. The van der Waals surface area contributed by atoms with E-state index >= 15 is 0 Å². The fourth-order valence-corrected chi connectivity index (χ4v) is 5.32. The summed E-state index contributed by atoms with van der Waals surface area (Å²) in [6.45, 7) is 2.95. The van der Waals surface area contributed by atoms with E-state index in [9.17, 15) is 9.18 Å². The van der Waals surface area contributed by atoms with E-state index in [4.69, 9.17) is 26.3 Å². The van der Waals surface area contributed by atoms with Crippen LogP contribution >= 0.6 is 11.6 Å². The van der Waals surface area contributed by atoms with Crippen LogP contribution in [0, 0.1) is 5.82 Å². The lowest BCUT2D eigenvalue weighted by molar-refractivity contribution is 0.0601. The van der Waals surface area contributed by atoms with Crippen LogP contribution in [-0.2, 0) is 37.8 Å². The van der Waals surface area contributed by atoms with Gasteiger partial charge in [0.2, 0.25) is 0 Å². The van der Waals surface area contributed by atoms with Gasteiger partial charge in [0.25, 0.3) is 0 Å². The summed E-state index contributed by atoms with van der Waals surface area (Å²) < 4.78 is 23.6. The third kappa shape index (κ3) is 4.26. The quantitative estimate of drug-likeness (QED) is 0.303. The topological polar surface area (TPSA) is 65.2 Å². The molecule has 2 aromatic heterocycles. The number of aromatic nitrogens is 4. The van der Waals surface area contributed by atoms with E-state index in [1.165, 1.54) is 13.2 Å². The Labute approximate surface area is 218 Å². The van der Waals surface area contributed by atoms with Crippen molar-refractivity contribution in [2.24, 2.45) is 7.05 Å². The predicted molar refractivity (Wildman–Crippen MR) is 140 cm³/mol. The Hall–Kier alpha value is -3.75. The molecule has 0 aliphatic carbocycles. The summed E-state index contributed by atoms with van der Waals surface area (Å²) in [7, 11) is 3.34. The third-order valence-electron chi connectivity index (χ3n) is 7.09. The van der Waals surface area contributed by atoms with Gasteiger partial charge in [-0.25, -0.2) is 19.2 Å². The molecule has 3 heterocycles. The van der Waals surface area contributed by atoms with Crippen LogP contribution in [0.15, 0.2) is 54.6 Å². The molecule has 9 heteroatoms. The number of carbonyl (C=O) groups excluding carboxylic acids is 1. The highest BCUT2D eigenvalue weighted by molar-refractivity contribution is 6.30. The number of imidazole rings is 2. The Morgan fingerprint density at radius 3 is 2.73 bits per heavy atom. The summed E-state index contributed by atoms with van der Waals surface area (Å²) in [4.78, 5) is 24.0. The smallest absolute Gasteiger partial charge is 0.337 e. The maximum absolute atomic E-state index is 14.5. The van der Waals surface area contributed by atoms with Crippen molar-refractivity contribution >= 4 is 39.6 Å². The Kier molecular flexibility index (Phi) is 5.93. The molecule has 0 radical (unpaired) electrons. The fraction of sp³-hybridized carbons (Fsp3) is 0.250. The minimum Gasteiger partial charge on any atom is -0.465 e. The molecule has 0 unspecified atom stereocenters. The second-order valence-corrected chi connectivity index (χ2v) is 9.81. The second-order valence-electron chi connectivity index (χ2n) is 9.37. The fourth-order valence-electron chi connectivity index (χ4n) is 5.16. The number of aryl methyl sites for hydroxylation is 1. The summed E-state index contributed by atoms with van der Waals surface area (Å²) in [5, 5.41) is 0.394. The number of esters is 1. The van der Waals surface area contributed by atoms with Crippen LogP contribution in [0.4, 0.5) is 4.39 Å². The molecule has 1 aliphatic heterocycles. The molecule has 5 aromatic rings. The van der Waals surface area contributed by atoms with Gasteiger partial charge in [0.15, 0.2) is 0 Å². The van der Waals surface area contributed by atoms with Gasteiger partial charge in [-0.15, -0.1) is 0 Å². The molecule has 188 valence electrons. The van der Waals surface area contributed by atoms with Crippen LogP contribution in [0.2, 0.25) is 5.02 Å². The zero-order valence-electron chi connectivity index (χ0n) is 20.5. The molecule has 0 atom stereocenters. The Morgan fingerprint density at radius 1 is 1.05 bits per heavy atom. The SMILES string of the molecule is COC(=O)c1ccc2nc(CN3CCn4c(nc5cccc(Cc6ccc(Cl)cc6F)c54)C3)n(C)c2c1. The Morgan fingerprint density at radius 2 is 1.92 bits per heavy atom. The van der Waals surface area contributed by atoms with Crippen molar-refractivity contribution in [1.29, 1.82) is 0 Å². The molecule has 0 N–H and O–H groups in total. The van der Waals surface area contributed by atoms with Crippen LogP contribution < -0.4 is 0 Å². The Bertz CT molecular complexity index is 1670. The minimum absolute atomic E-state index is 0.296. The van der Waals surface area contributed by atoms with E-state index in [-0.39, 0.29) is 11.8 Å². The molecule has 0 spiro atoms. The Balaban J connectivity index is 1.27. The molecule has 0 saturated carbocycles. The molecule has 37 heavy (non-hydrogen) atoms. The standard InChI is InChI=1S/C28H25ClFN5O2/c1-33-24-13-19(28(36)37-2)7-9-22(24)31-25(33)15-34-10-11-35-26(16-34)32-23-5-3-4-18(27(23)35)12-17-6-8-20(29)14-21(17)30/h3-9,13-14H,10-12,15-16H2,1-2H3. The van der Waals surface area contributed by atoms with Crippen LogP contribution in [0.1, 0.15) is 33.1 Å². The van der Waals surface area contributed by atoms with Gasteiger partial charge >= 0.3 is 5.97 Å². The summed E-state index contributed by atoms with van der Waals surface area (Å²) >= 11 is 5.94. The van der Waals surface area contributed by atoms with Gasteiger partial charge in [0.05, 0.1) is 47.8 Å². The first-order chi connectivity index (χ1) is 17.9. The largest absolute Gasteiger partial charge is 0.465 e. The average molecular weight is 518 g/mol. The number of benzene rings is 3. The maximum atomic E-state index is 14.5. The van der Waals surface area contributed by atoms with Crippen LogP contribution in [0.5, 0.6) is 0 Å². The molecule has 0 amide bonds. The van der Waals surface area contributed by atoms with E-state index in [1.54, 1.807) is 18.2 Å². The number of hydrogen-bond donors (Lipinski definition) is 0. The van der Waals surface area contributed by atoms with Crippen molar-refractivity contribution < 1.29 is 13.9 Å². The summed E-state index contributed by atoms with van der Waals surface area (Å²) in [6.07, 6.45) is 0.475. The predicted octanol–water partition coefficient (Wildman–Crippen LogP) is 5.11. The van der Waals surface area contributed by atoms with Crippen molar-refractivity contribution in [2.45, 2.75) is 26.1 Å². The zero-order valence-corrected chi connectivity index (χ0v) is 21.3. The monoisotopic (exact) mass is 517 g/mol. The van der Waals surface area contributed by atoms with Gasteiger partial charge in [-0.05, 0) is 47.5 Å². The number of para-hydroxylation sites is 1. The summed E-state index contributed by atoms with van der Waals surface area (Å²) in [5.74, 6) is 1.24. The second kappa shape index (κ2) is 9.28. The van der Waals surface area contributed by atoms with Gasteiger partial charge in [-0.2, -0.15) is 0 Å². The van der Waals surface area contributed by atoms with Crippen LogP contribution in [0.3, 0.4) is 0 Å². The molecule has 0 fully saturated rings. The lowest BCUT2D eigenvalue weighted by atomic mass is 10.0. The first-order valence-electron chi connectivity index (χ1n) is 12.1. The van der Waals surface area contributed by atoms with E-state index < -0.39 is 0 Å². The van der Waals surface area contributed by atoms with Crippen molar-refractivity contribution in [1.82, 2.24) is 24.0 Å². The number of nitrogens with zero attached hydrogens (tertiary/aromatic N) is 5. The van der Waals surface area contributed by atoms with Crippen molar-refractivity contribution in [3.8, 4) is 0 Å². The lowest BCUT2D eigenvalue weighted by Gasteiger charge is -2.27. The van der Waals surface area contributed by atoms with E-state index in [0.29, 0.717) is 35.7 Å². The highest BCUT2D eigenvalue weighted by atomic mass is 35.5. The van der Waals surface area contributed by atoms with Crippen LogP contribution in [0.25, 0.3) is 22.1 Å². The highest BCUT2D eigenvalue weighted by Gasteiger charge is 2.23. The number of ether oxygens (including phenoxy) is 1. The molecular weight excluding hydrogens is 493 g/mol. The molecule has 0 bridgehead atoms. The first kappa shape index (κ1) is 23.6. The molecule has 6 rings (SSSR count). The third-order valence-corrected chi connectivity index (χ3v) is 7.32. The van der Waals surface area contributed by atoms with Gasteiger partial charge in [0, 0.05) is 31.6 Å². The number of rotatable bonds is 5. The van der Waals surface area contributed by atoms with Gasteiger partial charge in [-0.1, -0.05) is 29.8 Å². The number of carbonyl (C=O) groups is 1. The highest BCUT2D eigenvalue weighted by Crippen LogP contribution is 2.28. The van der Waals surface area contributed by atoms with E-state index in [1.807, 2.05) is 41.9 Å². The minimum atomic E-state index is -0.363. The van der Waals surface area contributed by atoms with Gasteiger partial charge < -0.3 is 13.9 Å². The number of methoxy groups -OCH3 is 1. The molecule has 3 aromatic carbocycles. The molecule has 0 saturated heterocycles. The van der Waals surface area contributed by atoms with Crippen molar-refractivity contribution in [3.05, 3.63) is 93.8 Å². The molecule has 7 nitrogen and oxygen atoms in total. The zero-order chi connectivity index (χ0) is 25.7. The summed E-state index contributed by atoms with van der Waals surface area (Å²) in [5.41, 5.74) is 5.87. The van der Waals surface area contributed by atoms with Crippen molar-refractivity contribution in [3.63, 3.8) is 0 Å². The number of hydrogen-bond acceptors (Lipinski definition) is 5. The normalized spacial score (nSPS) is 13.8. The molecular formula is C28H25ClFN5O2. The van der Waals surface area contributed by atoms with Gasteiger partial charge in [0.1, 0.15) is 17.5 Å². The van der Waals surface area contributed by atoms with E-state index in [0.717, 1.165) is 52.4 Å². The van der Waals surface area contributed by atoms with E-state index in [2.05, 4.69) is 9.47 Å². The number of halogens is 2. The maximum Gasteiger partial charge on any atom is 0.337 e.